The standard InChI is InChI=1S/C22H27Cl2NO2/c1-3-4-5-6-7-8-21(26)25-20-10-9-15(2)11-17(20)12-16-13-18(23)22(27)19(24)14-16/h9-11,13-14,27H,3-8,12H2,1-2H3,(H,25,26). The van der Waals surface area contributed by atoms with Gasteiger partial charge in [0.2, 0.25) is 5.91 Å². The number of unbranched alkanes of at least 4 members (excludes halogenated alkanes) is 4. The smallest absolute Gasteiger partial charge is 0.224 e. The van der Waals surface area contributed by atoms with Crippen LogP contribution in [0.15, 0.2) is 30.3 Å². The van der Waals surface area contributed by atoms with Gasteiger partial charge in [0, 0.05) is 12.1 Å². The highest BCUT2D eigenvalue weighted by Gasteiger charge is 2.11. The molecule has 1 amide bonds. The molecule has 0 heterocycles. The molecule has 2 rings (SSSR count). The van der Waals surface area contributed by atoms with Gasteiger partial charge in [0.05, 0.1) is 10.0 Å². The molecule has 0 radical (unpaired) electrons. The highest BCUT2D eigenvalue weighted by molar-refractivity contribution is 6.37. The van der Waals surface area contributed by atoms with E-state index in [4.69, 9.17) is 23.2 Å². The molecule has 2 N–H and O–H groups in total. The zero-order valence-electron chi connectivity index (χ0n) is 15.9. The van der Waals surface area contributed by atoms with Crippen molar-refractivity contribution in [3.8, 4) is 5.75 Å². The molecule has 5 heteroatoms. The second kappa shape index (κ2) is 10.6. The number of aromatic hydroxyl groups is 1. The van der Waals surface area contributed by atoms with Crippen LogP contribution in [0.5, 0.6) is 5.75 Å². The Bertz CT molecular complexity index is 767. The normalized spacial score (nSPS) is 10.8. The average Bonchev–Trinajstić information content (AvgIpc) is 2.62. The lowest BCUT2D eigenvalue weighted by Gasteiger charge is -2.13. The van der Waals surface area contributed by atoms with E-state index in [1.807, 2.05) is 25.1 Å². The van der Waals surface area contributed by atoms with Gasteiger partial charge in [-0.1, -0.05) is 73.5 Å². The first-order valence-electron chi connectivity index (χ1n) is 9.47. The van der Waals surface area contributed by atoms with Crippen molar-refractivity contribution < 1.29 is 9.90 Å². The zero-order chi connectivity index (χ0) is 19.8. The highest BCUT2D eigenvalue weighted by atomic mass is 35.5. The number of halogens is 2. The molecular formula is C22H27Cl2NO2. The van der Waals surface area contributed by atoms with Crippen LogP contribution in [0, 0.1) is 6.92 Å². The Labute approximate surface area is 171 Å². The SMILES string of the molecule is CCCCCCCC(=O)Nc1ccc(C)cc1Cc1cc(Cl)c(O)c(Cl)c1. The first-order chi connectivity index (χ1) is 12.9. The number of carbonyl (C=O) groups excluding carboxylic acids is 1. The monoisotopic (exact) mass is 407 g/mol. The van der Waals surface area contributed by atoms with Crippen LogP contribution in [-0.4, -0.2) is 11.0 Å². The van der Waals surface area contributed by atoms with Gasteiger partial charge in [0.15, 0.2) is 5.75 Å². The van der Waals surface area contributed by atoms with Gasteiger partial charge in [-0.25, -0.2) is 0 Å². The summed E-state index contributed by atoms with van der Waals surface area (Å²) in [4.78, 5) is 12.3. The summed E-state index contributed by atoms with van der Waals surface area (Å²) >= 11 is 12.1. The van der Waals surface area contributed by atoms with E-state index in [1.165, 1.54) is 19.3 Å². The van der Waals surface area contributed by atoms with Gasteiger partial charge in [0.25, 0.3) is 0 Å². The van der Waals surface area contributed by atoms with Crippen LogP contribution in [0.2, 0.25) is 10.0 Å². The van der Waals surface area contributed by atoms with Crippen molar-refractivity contribution in [2.24, 2.45) is 0 Å². The van der Waals surface area contributed by atoms with Crippen molar-refractivity contribution in [3.63, 3.8) is 0 Å². The minimum absolute atomic E-state index is 0.0402. The summed E-state index contributed by atoms with van der Waals surface area (Å²) in [5, 5.41) is 13.2. The molecule has 2 aromatic rings. The molecule has 0 aliphatic carbocycles. The van der Waals surface area contributed by atoms with E-state index >= 15 is 0 Å². The van der Waals surface area contributed by atoms with E-state index in [-0.39, 0.29) is 21.7 Å². The van der Waals surface area contributed by atoms with Crippen LogP contribution in [-0.2, 0) is 11.2 Å². The second-order valence-corrected chi connectivity index (χ2v) is 7.77. The molecule has 0 bridgehead atoms. The molecule has 3 nitrogen and oxygen atoms in total. The zero-order valence-corrected chi connectivity index (χ0v) is 17.5. The summed E-state index contributed by atoms with van der Waals surface area (Å²) in [5.74, 6) is -0.0682. The lowest BCUT2D eigenvalue weighted by molar-refractivity contribution is -0.116. The van der Waals surface area contributed by atoms with Gasteiger partial charge >= 0.3 is 0 Å². The van der Waals surface area contributed by atoms with Crippen molar-refractivity contribution >= 4 is 34.8 Å². The minimum Gasteiger partial charge on any atom is -0.505 e. The Balaban J connectivity index is 2.07. The number of hydrogen-bond donors (Lipinski definition) is 2. The van der Waals surface area contributed by atoms with Gasteiger partial charge in [-0.15, -0.1) is 0 Å². The second-order valence-electron chi connectivity index (χ2n) is 6.96. The number of phenols is 1. The Morgan fingerprint density at radius 3 is 2.37 bits per heavy atom. The quantitative estimate of drug-likeness (QED) is 0.444. The predicted molar refractivity (Wildman–Crippen MR) is 114 cm³/mol. The Hall–Kier alpha value is -1.71. The van der Waals surface area contributed by atoms with Gasteiger partial charge in [-0.05, 0) is 49.1 Å². The maximum Gasteiger partial charge on any atom is 0.224 e. The van der Waals surface area contributed by atoms with E-state index in [1.54, 1.807) is 12.1 Å². The minimum atomic E-state index is -0.108. The van der Waals surface area contributed by atoms with Crippen LogP contribution in [0.1, 0.15) is 62.1 Å². The van der Waals surface area contributed by atoms with Gasteiger partial charge in [0.1, 0.15) is 0 Å². The number of anilines is 1. The van der Waals surface area contributed by atoms with Gasteiger partial charge in [-0.2, -0.15) is 0 Å². The molecule has 0 aromatic heterocycles. The third kappa shape index (κ3) is 6.75. The summed E-state index contributed by atoms with van der Waals surface area (Å²) in [6.07, 6.45) is 6.71. The van der Waals surface area contributed by atoms with Gasteiger partial charge in [-0.3, -0.25) is 4.79 Å². The summed E-state index contributed by atoms with van der Waals surface area (Å²) in [6, 6.07) is 9.36. The maximum atomic E-state index is 12.3. The summed E-state index contributed by atoms with van der Waals surface area (Å²) in [6.45, 7) is 4.19. The molecule has 27 heavy (non-hydrogen) atoms. The third-order valence-corrected chi connectivity index (χ3v) is 5.09. The number of amides is 1. The molecule has 0 spiro atoms. The topological polar surface area (TPSA) is 49.3 Å². The van der Waals surface area contributed by atoms with E-state index in [0.29, 0.717) is 12.8 Å². The van der Waals surface area contributed by atoms with Crippen molar-refractivity contribution in [1.29, 1.82) is 0 Å². The van der Waals surface area contributed by atoms with Crippen molar-refractivity contribution in [2.75, 3.05) is 5.32 Å². The molecular weight excluding hydrogens is 381 g/mol. The van der Waals surface area contributed by atoms with E-state index < -0.39 is 0 Å². The summed E-state index contributed by atoms with van der Waals surface area (Å²) in [7, 11) is 0. The van der Waals surface area contributed by atoms with Crippen molar-refractivity contribution in [1.82, 2.24) is 0 Å². The molecule has 0 unspecified atom stereocenters. The van der Waals surface area contributed by atoms with Crippen molar-refractivity contribution in [3.05, 3.63) is 57.1 Å². The molecule has 0 saturated heterocycles. The van der Waals surface area contributed by atoms with E-state index in [2.05, 4.69) is 12.2 Å². The van der Waals surface area contributed by atoms with Crippen LogP contribution < -0.4 is 5.32 Å². The number of phenolic OH excluding ortho intramolecular Hbond substituents is 1. The Morgan fingerprint density at radius 2 is 1.70 bits per heavy atom. The fourth-order valence-electron chi connectivity index (χ4n) is 3.03. The predicted octanol–water partition coefficient (Wildman–Crippen LogP) is 6.90. The third-order valence-electron chi connectivity index (χ3n) is 4.51. The molecule has 0 fully saturated rings. The van der Waals surface area contributed by atoms with Gasteiger partial charge < -0.3 is 10.4 Å². The summed E-state index contributed by atoms with van der Waals surface area (Å²) in [5.41, 5.74) is 3.79. The number of aryl methyl sites for hydroxylation is 1. The van der Waals surface area contributed by atoms with Crippen LogP contribution >= 0.6 is 23.2 Å². The number of hydrogen-bond acceptors (Lipinski definition) is 2. The molecule has 0 aliphatic heterocycles. The van der Waals surface area contributed by atoms with Crippen molar-refractivity contribution in [2.45, 2.75) is 58.8 Å². The van der Waals surface area contributed by atoms with E-state index in [9.17, 15) is 9.90 Å². The molecule has 2 aromatic carbocycles. The number of rotatable bonds is 9. The molecule has 146 valence electrons. The van der Waals surface area contributed by atoms with Crippen LogP contribution in [0.3, 0.4) is 0 Å². The fraction of sp³-hybridized carbons (Fsp3) is 0.409. The number of benzene rings is 2. The molecule has 0 aliphatic rings. The Morgan fingerprint density at radius 1 is 1.04 bits per heavy atom. The average molecular weight is 408 g/mol. The molecule has 0 atom stereocenters. The Kier molecular flexibility index (Phi) is 8.46. The maximum absolute atomic E-state index is 12.3. The molecule has 0 saturated carbocycles. The first kappa shape index (κ1) is 21.6. The van der Waals surface area contributed by atoms with Crippen LogP contribution in [0.4, 0.5) is 5.69 Å². The number of carbonyl (C=O) groups is 1. The fourth-order valence-corrected chi connectivity index (χ4v) is 3.56. The highest BCUT2D eigenvalue weighted by Crippen LogP contribution is 2.34. The van der Waals surface area contributed by atoms with Crippen LogP contribution in [0.25, 0.3) is 0 Å². The lowest BCUT2D eigenvalue weighted by atomic mass is 10.0. The number of nitrogens with one attached hydrogen (secondary N) is 1. The first-order valence-corrected chi connectivity index (χ1v) is 10.2. The largest absolute Gasteiger partial charge is 0.505 e. The van der Waals surface area contributed by atoms with E-state index in [0.717, 1.165) is 35.2 Å². The lowest BCUT2D eigenvalue weighted by Crippen LogP contribution is -2.13. The summed E-state index contributed by atoms with van der Waals surface area (Å²) < 4.78 is 0.